The van der Waals surface area contributed by atoms with Crippen molar-refractivity contribution >= 4 is 32.6 Å². The number of sulfonamides is 1. The molecule has 6 heteroatoms. The van der Waals surface area contributed by atoms with Crippen LogP contribution in [0.2, 0.25) is 0 Å². The third-order valence-electron chi connectivity index (χ3n) is 4.12. The van der Waals surface area contributed by atoms with Crippen molar-refractivity contribution in [1.29, 1.82) is 0 Å². The number of pyridine rings is 1. The van der Waals surface area contributed by atoms with Crippen LogP contribution < -0.4 is 0 Å². The van der Waals surface area contributed by atoms with Gasteiger partial charge in [0.1, 0.15) is 0 Å². The van der Waals surface area contributed by atoms with Crippen LogP contribution in [0.3, 0.4) is 0 Å². The number of hydrogen-bond acceptors (Lipinski definition) is 3. The molecule has 3 rings (SSSR count). The van der Waals surface area contributed by atoms with Gasteiger partial charge < -0.3 is 0 Å². The minimum absolute atomic E-state index is 0.298. The van der Waals surface area contributed by atoms with Crippen LogP contribution in [-0.4, -0.2) is 24.3 Å². The number of aromatic nitrogens is 1. The minimum Gasteiger partial charge on any atom is -0.260 e. The highest BCUT2D eigenvalue weighted by atomic mass is 127. The third kappa shape index (κ3) is 3.87. The standard InChI is InChI=1S/C18H19IN2O2S/c1-14-4-8-17(9-5-14)24(22,23)21-12-10-16(19)7-6-15-3-2-11-20-18(15)13-21/h2-5,8-11H,6-7,12-13H2,1H3/b16-10-. The van der Waals surface area contributed by atoms with Gasteiger partial charge in [0.05, 0.1) is 17.1 Å². The number of aryl methyl sites for hydroxylation is 2. The van der Waals surface area contributed by atoms with Crippen molar-refractivity contribution in [3.63, 3.8) is 0 Å². The number of fused-ring (bicyclic) bond motifs is 1. The van der Waals surface area contributed by atoms with E-state index in [0.29, 0.717) is 18.0 Å². The Kier molecular flexibility index (Phi) is 5.36. The molecule has 1 aliphatic rings. The van der Waals surface area contributed by atoms with Crippen LogP contribution in [-0.2, 0) is 23.0 Å². The summed E-state index contributed by atoms with van der Waals surface area (Å²) in [5.41, 5.74) is 3.00. The van der Waals surface area contributed by atoms with Gasteiger partial charge in [-0.2, -0.15) is 4.31 Å². The van der Waals surface area contributed by atoms with Crippen molar-refractivity contribution in [2.75, 3.05) is 6.54 Å². The molecule has 1 aromatic heterocycles. The van der Waals surface area contributed by atoms with Crippen LogP contribution in [0.15, 0.2) is 57.1 Å². The summed E-state index contributed by atoms with van der Waals surface area (Å²) in [5.74, 6) is 0. The fraction of sp³-hybridized carbons (Fsp3) is 0.278. The summed E-state index contributed by atoms with van der Waals surface area (Å²) < 4.78 is 28.8. The number of rotatable bonds is 2. The molecule has 0 N–H and O–H groups in total. The van der Waals surface area contributed by atoms with E-state index < -0.39 is 10.0 Å². The van der Waals surface area contributed by atoms with E-state index in [-0.39, 0.29) is 0 Å². The van der Waals surface area contributed by atoms with Crippen LogP contribution in [0.5, 0.6) is 0 Å². The van der Waals surface area contributed by atoms with Gasteiger partial charge in [0, 0.05) is 12.7 Å². The molecule has 0 unspecified atom stereocenters. The van der Waals surface area contributed by atoms with Crippen molar-refractivity contribution < 1.29 is 8.42 Å². The third-order valence-corrected chi connectivity index (χ3v) is 6.92. The Morgan fingerprint density at radius 3 is 2.62 bits per heavy atom. The summed E-state index contributed by atoms with van der Waals surface area (Å²) in [6.07, 6.45) is 5.53. The predicted octanol–water partition coefficient (Wildman–Crippen LogP) is 3.85. The van der Waals surface area contributed by atoms with Gasteiger partial charge in [-0.25, -0.2) is 8.42 Å². The zero-order valence-corrected chi connectivity index (χ0v) is 16.4. The van der Waals surface area contributed by atoms with Gasteiger partial charge in [-0.15, -0.1) is 0 Å². The van der Waals surface area contributed by atoms with Gasteiger partial charge in [0.25, 0.3) is 0 Å². The average Bonchev–Trinajstić information content (AvgIpc) is 2.65. The highest BCUT2D eigenvalue weighted by Crippen LogP contribution is 2.24. The summed E-state index contributed by atoms with van der Waals surface area (Å²) in [6.45, 7) is 2.61. The van der Waals surface area contributed by atoms with E-state index in [9.17, 15) is 8.42 Å². The minimum atomic E-state index is -3.56. The second kappa shape index (κ2) is 7.33. The lowest BCUT2D eigenvalue weighted by Crippen LogP contribution is -2.31. The molecule has 1 aliphatic heterocycles. The van der Waals surface area contributed by atoms with Crippen LogP contribution in [0.1, 0.15) is 23.2 Å². The van der Waals surface area contributed by atoms with Crippen molar-refractivity contribution in [2.24, 2.45) is 0 Å². The molecule has 4 nitrogen and oxygen atoms in total. The molecule has 0 saturated heterocycles. The Morgan fingerprint density at radius 2 is 1.88 bits per heavy atom. The molecule has 126 valence electrons. The highest BCUT2D eigenvalue weighted by molar-refractivity contribution is 14.1. The summed E-state index contributed by atoms with van der Waals surface area (Å²) in [6, 6.07) is 10.9. The van der Waals surface area contributed by atoms with Crippen LogP contribution in [0, 0.1) is 6.92 Å². The SMILES string of the molecule is Cc1ccc(S(=O)(=O)N2C/C=C(\I)CCc3cccnc3C2)cc1. The Labute approximate surface area is 156 Å². The van der Waals surface area contributed by atoms with Crippen molar-refractivity contribution in [1.82, 2.24) is 9.29 Å². The smallest absolute Gasteiger partial charge is 0.243 e. The molecular weight excluding hydrogens is 435 g/mol. The van der Waals surface area contributed by atoms with E-state index in [1.54, 1.807) is 18.3 Å². The van der Waals surface area contributed by atoms with Gasteiger partial charge >= 0.3 is 0 Å². The maximum absolute atomic E-state index is 13.1. The van der Waals surface area contributed by atoms with E-state index in [1.165, 1.54) is 7.89 Å². The summed E-state index contributed by atoms with van der Waals surface area (Å²) in [4.78, 5) is 4.75. The number of halogens is 1. The normalized spacial score (nSPS) is 18.7. The number of benzene rings is 1. The monoisotopic (exact) mass is 454 g/mol. The van der Waals surface area contributed by atoms with E-state index in [2.05, 4.69) is 27.6 Å². The molecule has 0 amide bonds. The molecule has 2 heterocycles. The molecule has 0 bridgehead atoms. The number of allylic oxidation sites excluding steroid dienone is 1. The first-order valence-electron chi connectivity index (χ1n) is 7.81. The Bertz CT molecular complexity index is 861. The summed E-state index contributed by atoms with van der Waals surface area (Å²) in [5, 5.41) is 0. The average molecular weight is 454 g/mol. The lowest BCUT2D eigenvalue weighted by atomic mass is 10.1. The molecule has 0 atom stereocenters. The van der Waals surface area contributed by atoms with E-state index >= 15 is 0 Å². The molecule has 0 radical (unpaired) electrons. The molecule has 2 aromatic rings. The molecule has 0 saturated carbocycles. The summed E-state index contributed by atoms with van der Waals surface area (Å²) in [7, 11) is -3.56. The molecule has 1 aromatic carbocycles. The molecular formula is C18H19IN2O2S. The topological polar surface area (TPSA) is 50.3 Å². The Balaban J connectivity index is 2.01. The Morgan fingerprint density at radius 1 is 1.12 bits per heavy atom. The first kappa shape index (κ1) is 17.6. The van der Waals surface area contributed by atoms with Gasteiger partial charge in [0.2, 0.25) is 10.0 Å². The molecule has 0 fully saturated rings. The van der Waals surface area contributed by atoms with E-state index in [0.717, 1.165) is 29.7 Å². The quantitative estimate of drug-likeness (QED) is 0.648. The zero-order valence-electron chi connectivity index (χ0n) is 13.4. The number of nitrogens with zero attached hydrogens (tertiary/aromatic N) is 2. The van der Waals surface area contributed by atoms with Crippen LogP contribution in [0.25, 0.3) is 0 Å². The van der Waals surface area contributed by atoms with Crippen molar-refractivity contribution in [2.45, 2.75) is 31.2 Å². The molecule has 24 heavy (non-hydrogen) atoms. The first-order chi connectivity index (χ1) is 11.5. The second-order valence-corrected chi connectivity index (χ2v) is 9.19. The zero-order chi connectivity index (χ0) is 17.2. The van der Waals surface area contributed by atoms with Gasteiger partial charge in [0.15, 0.2) is 0 Å². The van der Waals surface area contributed by atoms with Crippen molar-refractivity contribution in [3.8, 4) is 0 Å². The lowest BCUT2D eigenvalue weighted by Gasteiger charge is -2.21. The van der Waals surface area contributed by atoms with Crippen LogP contribution in [0.4, 0.5) is 0 Å². The lowest BCUT2D eigenvalue weighted by molar-refractivity contribution is 0.433. The fourth-order valence-electron chi connectivity index (χ4n) is 2.67. The van der Waals surface area contributed by atoms with E-state index in [1.807, 2.05) is 37.3 Å². The maximum atomic E-state index is 13.1. The van der Waals surface area contributed by atoms with E-state index in [4.69, 9.17) is 0 Å². The second-order valence-electron chi connectivity index (χ2n) is 5.87. The van der Waals surface area contributed by atoms with Gasteiger partial charge in [-0.1, -0.05) is 29.8 Å². The molecule has 0 aliphatic carbocycles. The fourth-order valence-corrected chi connectivity index (χ4v) is 4.48. The first-order valence-corrected chi connectivity index (χ1v) is 10.3. The van der Waals surface area contributed by atoms with Gasteiger partial charge in [-0.3, -0.25) is 4.98 Å². The van der Waals surface area contributed by atoms with Crippen molar-refractivity contribution in [3.05, 3.63) is 69.1 Å². The predicted molar refractivity (Wildman–Crippen MR) is 103 cm³/mol. The van der Waals surface area contributed by atoms with Crippen LogP contribution >= 0.6 is 22.6 Å². The largest absolute Gasteiger partial charge is 0.260 e. The summed E-state index contributed by atoms with van der Waals surface area (Å²) >= 11 is 2.29. The molecule has 0 spiro atoms. The highest BCUT2D eigenvalue weighted by Gasteiger charge is 2.25. The Hall–Kier alpha value is -1.25. The maximum Gasteiger partial charge on any atom is 0.243 e. The van der Waals surface area contributed by atoms with Gasteiger partial charge in [-0.05, 0) is 69.7 Å². The number of hydrogen-bond donors (Lipinski definition) is 0.